The molecular formula is C20H23NO3. The predicted molar refractivity (Wildman–Crippen MR) is 98.1 cm³/mol. The maximum atomic E-state index is 12.7. The van der Waals surface area contributed by atoms with Gasteiger partial charge in [0.15, 0.2) is 5.43 Å². The summed E-state index contributed by atoms with van der Waals surface area (Å²) in [6, 6.07) is 10.9. The van der Waals surface area contributed by atoms with Crippen molar-refractivity contribution in [3.05, 3.63) is 69.6 Å². The first kappa shape index (κ1) is 17.8. The SMILES string of the molecule is C=C(O)/C(CNCC)=c1/c(=O)cc(-c2ccccc2)o/c1=C/CC. The summed E-state index contributed by atoms with van der Waals surface area (Å²) < 4.78 is 5.97. The van der Waals surface area contributed by atoms with E-state index in [0.717, 1.165) is 12.1 Å². The van der Waals surface area contributed by atoms with Gasteiger partial charge in [-0.2, -0.15) is 0 Å². The minimum Gasteiger partial charge on any atom is -0.508 e. The van der Waals surface area contributed by atoms with Crippen molar-refractivity contribution < 1.29 is 9.52 Å². The molecule has 0 radical (unpaired) electrons. The molecule has 0 atom stereocenters. The van der Waals surface area contributed by atoms with Crippen LogP contribution < -0.4 is 21.4 Å². The van der Waals surface area contributed by atoms with Crippen molar-refractivity contribution >= 4 is 11.6 Å². The van der Waals surface area contributed by atoms with Crippen LogP contribution in [0.4, 0.5) is 0 Å². The first-order valence-corrected chi connectivity index (χ1v) is 8.10. The van der Waals surface area contributed by atoms with Crippen LogP contribution in [0.5, 0.6) is 0 Å². The number of hydrogen-bond acceptors (Lipinski definition) is 4. The molecule has 0 saturated heterocycles. The molecule has 0 aliphatic heterocycles. The van der Waals surface area contributed by atoms with Crippen LogP contribution in [-0.4, -0.2) is 18.2 Å². The van der Waals surface area contributed by atoms with Gasteiger partial charge in [0.2, 0.25) is 0 Å². The highest BCUT2D eigenvalue weighted by atomic mass is 16.3. The van der Waals surface area contributed by atoms with Gasteiger partial charge in [-0.25, -0.2) is 0 Å². The lowest BCUT2D eigenvalue weighted by molar-refractivity contribution is 0.435. The summed E-state index contributed by atoms with van der Waals surface area (Å²) in [6.45, 7) is 8.59. The van der Waals surface area contributed by atoms with Gasteiger partial charge in [-0.1, -0.05) is 50.8 Å². The smallest absolute Gasteiger partial charge is 0.193 e. The van der Waals surface area contributed by atoms with Gasteiger partial charge in [0.25, 0.3) is 0 Å². The van der Waals surface area contributed by atoms with Crippen LogP contribution in [0.15, 0.2) is 57.9 Å². The van der Waals surface area contributed by atoms with Gasteiger partial charge < -0.3 is 14.8 Å². The van der Waals surface area contributed by atoms with Gasteiger partial charge in [-0.05, 0) is 19.0 Å². The first-order chi connectivity index (χ1) is 11.6. The molecule has 0 spiro atoms. The van der Waals surface area contributed by atoms with E-state index in [-0.39, 0.29) is 11.2 Å². The minimum atomic E-state index is -0.192. The van der Waals surface area contributed by atoms with E-state index in [1.54, 1.807) is 0 Å². The molecule has 0 amide bonds. The zero-order valence-electron chi connectivity index (χ0n) is 14.1. The average Bonchev–Trinajstić information content (AvgIpc) is 2.57. The lowest BCUT2D eigenvalue weighted by atomic mass is 10.1. The van der Waals surface area contributed by atoms with E-state index in [9.17, 15) is 9.90 Å². The van der Waals surface area contributed by atoms with Crippen molar-refractivity contribution in [2.24, 2.45) is 0 Å². The molecule has 0 fully saturated rings. The lowest BCUT2D eigenvalue weighted by Gasteiger charge is -2.08. The van der Waals surface area contributed by atoms with Gasteiger partial charge in [0.1, 0.15) is 16.9 Å². The fourth-order valence-corrected chi connectivity index (χ4v) is 2.47. The van der Waals surface area contributed by atoms with E-state index in [1.807, 2.05) is 50.3 Å². The maximum absolute atomic E-state index is 12.7. The highest BCUT2D eigenvalue weighted by Gasteiger charge is 2.10. The number of aliphatic hydroxyl groups is 1. The summed E-state index contributed by atoms with van der Waals surface area (Å²) in [5, 5.41) is 13.4. The molecule has 1 aromatic carbocycles. The maximum Gasteiger partial charge on any atom is 0.193 e. The molecular weight excluding hydrogens is 302 g/mol. The lowest BCUT2D eigenvalue weighted by Crippen LogP contribution is -2.42. The molecule has 0 aliphatic rings. The van der Waals surface area contributed by atoms with E-state index < -0.39 is 0 Å². The van der Waals surface area contributed by atoms with Crippen LogP contribution in [0, 0.1) is 0 Å². The Hall–Kier alpha value is -2.59. The van der Waals surface area contributed by atoms with Gasteiger partial charge in [0, 0.05) is 23.7 Å². The molecule has 0 unspecified atom stereocenters. The Morgan fingerprint density at radius 3 is 2.58 bits per heavy atom. The molecule has 1 aromatic heterocycles. The summed E-state index contributed by atoms with van der Waals surface area (Å²) in [7, 11) is 0. The highest BCUT2D eigenvalue weighted by Crippen LogP contribution is 2.14. The summed E-state index contributed by atoms with van der Waals surface area (Å²) in [4.78, 5) is 12.7. The number of benzene rings is 1. The average molecular weight is 325 g/mol. The molecule has 2 N–H and O–H groups in total. The third-order valence-electron chi connectivity index (χ3n) is 3.62. The summed E-state index contributed by atoms with van der Waals surface area (Å²) in [6.07, 6.45) is 2.55. The summed E-state index contributed by atoms with van der Waals surface area (Å²) in [5.41, 5.74) is 1.57. The fourth-order valence-electron chi connectivity index (χ4n) is 2.47. The quantitative estimate of drug-likeness (QED) is 0.800. The molecule has 4 heteroatoms. The largest absolute Gasteiger partial charge is 0.508 e. The molecule has 24 heavy (non-hydrogen) atoms. The third kappa shape index (κ3) is 4.03. The topological polar surface area (TPSA) is 62.5 Å². The van der Waals surface area contributed by atoms with Gasteiger partial charge in [-0.15, -0.1) is 0 Å². The van der Waals surface area contributed by atoms with Crippen LogP contribution in [0.25, 0.3) is 23.0 Å². The van der Waals surface area contributed by atoms with Crippen molar-refractivity contribution in [2.45, 2.75) is 20.3 Å². The zero-order chi connectivity index (χ0) is 17.5. The Morgan fingerprint density at radius 1 is 1.29 bits per heavy atom. The number of nitrogens with one attached hydrogen (secondary N) is 1. The van der Waals surface area contributed by atoms with Crippen LogP contribution in [0.3, 0.4) is 0 Å². The molecule has 1 heterocycles. The van der Waals surface area contributed by atoms with Gasteiger partial charge >= 0.3 is 0 Å². The molecule has 0 bridgehead atoms. The number of aliphatic hydroxyl groups excluding tert-OH is 1. The van der Waals surface area contributed by atoms with Crippen LogP contribution in [0.1, 0.15) is 20.3 Å². The van der Waals surface area contributed by atoms with Gasteiger partial charge in [-0.3, -0.25) is 4.79 Å². The van der Waals surface area contributed by atoms with Gasteiger partial charge in [0.05, 0.1) is 5.22 Å². The number of rotatable bonds is 6. The Balaban J connectivity index is 2.80. The normalized spacial score (nSPS) is 13.0. The molecule has 2 rings (SSSR count). The van der Waals surface area contributed by atoms with Crippen molar-refractivity contribution in [1.82, 2.24) is 5.32 Å². The van der Waals surface area contributed by atoms with E-state index in [4.69, 9.17) is 4.42 Å². The van der Waals surface area contributed by atoms with Crippen molar-refractivity contribution in [1.29, 1.82) is 0 Å². The van der Waals surface area contributed by atoms with Crippen LogP contribution >= 0.6 is 0 Å². The monoisotopic (exact) mass is 325 g/mol. The second-order valence-electron chi connectivity index (χ2n) is 5.40. The van der Waals surface area contributed by atoms with Crippen LogP contribution in [-0.2, 0) is 0 Å². The van der Waals surface area contributed by atoms with E-state index in [1.165, 1.54) is 6.07 Å². The molecule has 2 aromatic rings. The second kappa shape index (κ2) is 8.31. The first-order valence-electron chi connectivity index (χ1n) is 8.10. The standard InChI is InChI=1S/C20H23NO3/c1-4-9-18-20(16(14(3)22)13-21-5-2)17(23)12-19(24-18)15-10-7-6-8-11-15/h6-12,21-22H,3-5,13H2,1-2H3/b18-9+,20-16-. The van der Waals surface area contributed by atoms with Crippen molar-refractivity contribution in [2.75, 3.05) is 13.1 Å². The summed E-state index contributed by atoms with van der Waals surface area (Å²) >= 11 is 0. The Labute approximate surface area is 141 Å². The third-order valence-corrected chi connectivity index (χ3v) is 3.62. The van der Waals surface area contributed by atoms with Crippen molar-refractivity contribution in [3.8, 4) is 11.3 Å². The predicted octanol–water partition coefficient (Wildman–Crippen LogP) is 2.33. The molecule has 4 nitrogen and oxygen atoms in total. The Bertz CT molecular complexity index is 879. The molecule has 0 saturated carbocycles. The van der Waals surface area contributed by atoms with E-state index in [2.05, 4.69) is 11.9 Å². The minimum absolute atomic E-state index is 0.124. The highest BCUT2D eigenvalue weighted by molar-refractivity contribution is 5.62. The van der Waals surface area contributed by atoms with E-state index in [0.29, 0.717) is 34.9 Å². The molecule has 126 valence electrons. The van der Waals surface area contributed by atoms with Crippen LogP contribution in [0.2, 0.25) is 0 Å². The Kier molecular flexibility index (Phi) is 6.15. The number of hydrogen-bond donors (Lipinski definition) is 2. The van der Waals surface area contributed by atoms with Crippen molar-refractivity contribution in [3.63, 3.8) is 0 Å². The summed E-state index contributed by atoms with van der Waals surface area (Å²) in [5.74, 6) is 0.386. The molecule has 0 aliphatic carbocycles. The fraction of sp³-hybridized carbons (Fsp3) is 0.250. The zero-order valence-corrected chi connectivity index (χ0v) is 14.1. The second-order valence-corrected chi connectivity index (χ2v) is 5.40. The van der Waals surface area contributed by atoms with E-state index >= 15 is 0 Å². The Morgan fingerprint density at radius 2 is 2.00 bits per heavy atom.